The summed E-state index contributed by atoms with van der Waals surface area (Å²) in [5.74, 6) is 0. The minimum atomic E-state index is 0.529. The summed E-state index contributed by atoms with van der Waals surface area (Å²) in [6.45, 7) is 9.28. The fraction of sp³-hybridized carbons (Fsp3) is 0.455. The highest BCUT2D eigenvalue weighted by atomic mass is 15.2. The van der Waals surface area contributed by atoms with Gasteiger partial charge in [0.1, 0.15) is 0 Å². The van der Waals surface area contributed by atoms with Gasteiger partial charge in [0.2, 0.25) is 0 Å². The van der Waals surface area contributed by atoms with Crippen molar-refractivity contribution in [3.05, 3.63) is 36.7 Å². The first-order valence-electron chi connectivity index (χ1n) is 4.83. The number of fused-ring (bicyclic) bond motifs is 1. The van der Waals surface area contributed by atoms with Crippen LogP contribution in [0.4, 0.5) is 0 Å². The average Bonchev–Trinajstić information content (AvgIpc) is 2.58. The predicted molar refractivity (Wildman–Crippen MR) is 54.6 cm³/mol. The third-order valence-corrected chi connectivity index (χ3v) is 2.83. The zero-order valence-corrected chi connectivity index (χ0v) is 8.11. The Hall–Kier alpha value is -1.02. The molecular formula is C11H16N2. The molecule has 0 aromatic carbocycles. The molecule has 0 aliphatic carbocycles. The molecule has 0 radical (unpaired) electrons. The highest BCUT2D eigenvalue weighted by Gasteiger charge is 2.21. The molecule has 2 heterocycles. The topological polar surface area (TPSA) is 8.17 Å². The molecule has 0 N–H and O–H groups in total. The summed E-state index contributed by atoms with van der Waals surface area (Å²) in [7, 11) is 0. The van der Waals surface area contributed by atoms with Gasteiger partial charge in [0.25, 0.3) is 0 Å². The van der Waals surface area contributed by atoms with Crippen LogP contribution in [0.3, 0.4) is 0 Å². The molecule has 1 aromatic rings. The first-order valence-corrected chi connectivity index (χ1v) is 4.83. The molecule has 0 amide bonds. The normalized spacial score (nSPS) is 22.7. The molecule has 1 aliphatic rings. The highest BCUT2D eigenvalue weighted by molar-refractivity contribution is 5.13. The molecule has 0 bridgehead atoms. The van der Waals surface area contributed by atoms with Crippen LogP contribution in [-0.2, 0) is 6.54 Å². The van der Waals surface area contributed by atoms with Crippen LogP contribution in [0.15, 0.2) is 31.0 Å². The van der Waals surface area contributed by atoms with Crippen LogP contribution in [-0.4, -0.2) is 22.6 Å². The molecule has 2 nitrogen and oxygen atoms in total. The maximum Gasteiger partial charge on any atom is 0.0476 e. The Balaban J connectivity index is 2.21. The molecule has 0 saturated heterocycles. The lowest BCUT2D eigenvalue weighted by Gasteiger charge is -2.33. The standard InChI is InChI=1S/C11H16N2/c1-3-6-12-8-9-13-7-4-5-11(13)10(12)2/h3-5,7,10H,1,6,8-9H2,2H3. The molecule has 1 atom stereocenters. The summed E-state index contributed by atoms with van der Waals surface area (Å²) in [6, 6.07) is 4.87. The van der Waals surface area contributed by atoms with E-state index in [-0.39, 0.29) is 0 Å². The summed E-state index contributed by atoms with van der Waals surface area (Å²) in [5.41, 5.74) is 1.42. The average molecular weight is 176 g/mol. The summed E-state index contributed by atoms with van der Waals surface area (Å²) in [5, 5.41) is 0. The third kappa shape index (κ3) is 1.42. The van der Waals surface area contributed by atoms with Crippen LogP contribution in [0.5, 0.6) is 0 Å². The fourth-order valence-corrected chi connectivity index (χ4v) is 2.04. The number of hydrogen-bond acceptors (Lipinski definition) is 1. The van der Waals surface area contributed by atoms with E-state index < -0.39 is 0 Å². The fourth-order valence-electron chi connectivity index (χ4n) is 2.04. The Kier molecular flexibility index (Phi) is 2.23. The van der Waals surface area contributed by atoms with Crippen molar-refractivity contribution >= 4 is 0 Å². The zero-order valence-electron chi connectivity index (χ0n) is 8.11. The second-order valence-corrected chi connectivity index (χ2v) is 3.59. The van der Waals surface area contributed by atoms with Gasteiger partial charge < -0.3 is 4.57 Å². The van der Waals surface area contributed by atoms with Crippen molar-refractivity contribution in [3.63, 3.8) is 0 Å². The summed E-state index contributed by atoms with van der Waals surface area (Å²) >= 11 is 0. The van der Waals surface area contributed by atoms with E-state index in [0.717, 1.165) is 19.6 Å². The Labute approximate surface area is 79.5 Å². The monoisotopic (exact) mass is 176 g/mol. The maximum absolute atomic E-state index is 3.78. The molecule has 1 unspecified atom stereocenters. The van der Waals surface area contributed by atoms with Gasteiger partial charge in [-0.05, 0) is 19.1 Å². The lowest BCUT2D eigenvalue weighted by molar-refractivity contribution is 0.188. The second-order valence-electron chi connectivity index (χ2n) is 3.59. The third-order valence-electron chi connectivity index (χ3n) is 2.83. The van der Waals surface area contributed by atoms with E-state index in [9.17, 15) is 0 Å². The van der Waals surface area contributed by atoms with Crippen LogP contribution in [0.2, 0.25) is 0 Å². The van der Waals surface area contributed by atoms with Gasteiger partial charge in [0, 0.05) is 37.6 Å². The van der Waals surface area contributed by atoms with Gasteiger partial charge in [-0.1, -0.05) is 6.08 Å². The zero-order chi connectivity index (χ0) is 9.26. The Bertz CT molecular complexity index is 301. The predicted octanol–water partition coefficient (Wildman–Crippen LogP) is 2.05. The van der Waals surface area contributed by atoms with E-state index in [1.165, 1.54) is 5.69 Å². The number of aromatic nitrogens is 1. The summed E-state index contributed by atoms with van der Waals surface area (Å²) in [6.07, 6.45) is 4.15. The Morgan fingerprint density at radius 1 is 1.62 bits per heavy atom. The van der Waals surface area contributed by atoms with Crippen LogP contribution in [0.25, 0.3) is 0 Å². The number of rotatable bonds is 2. The Morgan fingerprint density at radius 3 is 3.23 bits per heavy atom. The van der Waals surface area contributed by atoms with Crippen LogP contribution >= 0.6 is 0 Å². The first-order chi connectivity index (χ1) is 6.33. The van der Waals surface area contributed by atoms with E-state index in [2.05, 4.69) is 41.3 Å². The van der Waals surface area contributed by atoms with E-state index >= 15 is 0 Å². The molecular weight excluding hydrogens is 160 g/mol. The van der Waals surface area contributed by atoms with Gasteiger partial charge in [-0.25, -0.2) is 0 Å². The molecule has 13 heavy (non-hydrogen) atoms. The molecule has 2 heteroatoms. The van der Waals surface area contributed by atoms with Crippen molar-refractivity contribution in [1.82, 2.24) is 9.47 Å². The number of nitrogens with zero attached hydrogens (tertiary/aromatic N) is 2. The summed E-state index contributed by atoms with van der Waals surface area (Å²) < 4.78 is 2.34. The number of hydrogen-bond donors (Lipinski definition) is 0. The molecule has 0 saturated carbocycles. The highest BCUT2D eigenvalue weighted by Crippen LogP contribution is 2.24. The van der Waals surface area contributed by atoms with Gasteiger partial charge in [0.15, 0.2) is 0 Å². The maximum atomic E-state index is 3.78. The van der Waals surface area contributed by atoms with Gasteiger partial charge in [-0.2, -0.15) is 0 Å². The van der Waals surface area contributed by atoms with Gasteiger partial charge >= 0.3 is 0 Å². The van der Waals surface area contributed by atoms with Crippen molar-refractivity contribution in [1.29, 1.82) is 0 Å². The minimum Gasteiger partial charge on any atom is -0.349 e. The first kappa shape index (κ1) is 8.57. The molecule has 0 fully saturated rings. The van der Waals surface area contributed by atoms with Crippen molar-refractivity contribution in [2.24, 2.45) is 0 Å². The second kappa shape index (κ2) is 3.38. The summed E-state index contributed by atoms with van der Waals surface area (Å²) in [4.78, 5) is 2.45. The van der Waals surface area contributed by atoms with Crippen LogP contribution in [0.1, 0.15) is 18.7 Å². The van der Waals surface area contributed by atoms with E-state index in [4.69, 9.17) is 0 Å². The van der Waals surface area contributed by atoms with Crippen LogP contribution < -0.4 is 0 Å². The molecule has 1 aromatic heterocycles. The van der Waals surface area contributed by atoms with Crippen molar-refractivity contribution in [3.8, 4) is 0 Å². The molecule has 70 valence electrons. The quantitative estimate of drug-likeness (QED) is 0.626. The van der Waals surface area contributed by atoms with Crippen molar-refractivity contribution in [2.75, 3.05) is 13.1 Å². The van der Waals surface area contributed by atoms with E-state index in [1.807, 2.05) is 6.08 Å². The van der Waals surface area contributed by atoms with E-state index in [0.29, 0.717) is 6.04 Å². The smallest absolute Gasteiger partial charge is 0.0476 e. The lowest BCUT2D eigenvalue weighted by atomic mass is 10.1. The SMILES string of the molecule is C=CCN1CCn2cccc2C1C. The van der Waals surface area contributed by atoms with Gasteiger partial charge in [-0.15, -0.1) is 6.58 Å². The molecule has 0 spiro atoms. The van der Waals surface area contributed by atoms with Gasteiger partial charge in [0.05, 0.1) is 0 Å². The van der Waals surface area contributed by atoms with Gasteiger partial charge in [-0.3, -0.25) is 4.90 Å². The van der Waals surface area contributed by atoms with Crippen molar-refractivity contribution in [2.45, 2.75) is 19.5 Å². The Morgan fingerprint density at radius 2 is 2.46 bits per heavy atom. The molecule has 1 aliphatic heterocycles. The van der Waals surface area contributed by atoms with Crippen molar-refractivity contribution < 1.29 is 0 Å². The minimum absolute atomic E-state index is 0.529. The largest absolute Gasteiger partial charge is 0.349 e. The van der Waals surface area contributed by atoms with Crippen LogP contribution in [0, 0.1) is 0 Å². The van der Waals surface area contributed by atoms with E-state index in [1.54, 1.807) is 0 Å². The molecule has 2 rings (SSSR count). The lowest BCUT2D eigenvalue weighted by Crippen LogP contribution is -2.36.